The minimum Gasteiger partial charge on any atom is -0.443 e. The Morgan fingerprint density at radius 3 is 2.62 bits per heavy atom. The summed E-state index contributed by atoms with van der Waals surface area (Å²) in [6.45, 7) is 5.32. The molecule has 0 bridgehead atoms. The largest absolute Gasteiger partial charge is 0.443 e. The van der Waals surface area contributed by atoms with Gasteiger partial charge in [0, 0.05) is 9.86 Å². The highest BCUT2D eigenvalue weighted by molar-refractivity contribution is 9.10. The summed E-state index contributed by atoms with van der Waals surface area (Å²) in [7, 11) is 0. The molecule has 0 unspecified atom stereocenters. The van der Waals surface area contributed by atoms with E-state index in [0.29, 0.717) is 11.3 Å². The summed E-state index contributed by atoms with van der Waals surface area (Å²) in [6, 6.07) is 9.16. The Morgan fingerprint density at radius 1 is 1.24 bits per heavy atom. The quantitative estimate of drug-likeness (QED) is 0.704. The van der Waals surface area contributed by atoms with Crippen molar-refractivity contribution in [3.05, 3.63) is 40.4 Å². The van der Waals surface area contributed by atoms with Crippen molar-refractivity contribution < 1.29 is 14.3 Å². The van der Waals surface area contributed by atoms with E-state index in [1.165, 1.54) is 0 Å². The van der Waals surface area contributed by atoms with Crippen molar-refractivity contribution >= 4 is 44.4 Å². The molecule has 1 aliphatic heterocycles. The van der Waals surface area contributed by atoms with Crippen LogP contribution in [0.3, 0.4) is 0 Å². The summed E-state index contributed by atoms with van der Waals surface area (Å²) in [5.74, 6) is -0.350. The minimum atomic E-state index is -0.652. The van der Waals surface area contributed by atoms with Crippen molar-refractivity contribution in [1.82, 2.24) is 0 Å². The van der Waals surface area contributed by atoms with Gasteiger partial charge in [-0.25, -0.2) is 9.69 Å². The van der Waals surface area contributed by atoms with Crippen LogP contribution in [0.2, 0.25) is 0 Å². The van der Waals surface area contributed by atoms with Gasteiger partial charge in [-0.05, 0) is 44.4 Å². The fraction of sp³-hybridized carbons (Fsp3) is 0.250. The molecule has 1 heterocycles. The standard InChI is InChI=1S/C16H14BrNO3/c1-16(2,3)21-15(20)18-12-6-4-5-9-7-10(17)8-11(13(9)12)14(18)19/h4-8H,1-3H3. The first-order chi connectivity index (χ1) is 9.78. The van der Waals surface area contributed by atoms with Gasteiger partial charge in [0.1, 0.15) is 5.60 Å². The molecular weight excluding hydrogens is 334 g/mol. The number of anilines is 1. The van der Waals surface area contributed by atoms with E-state index >= 15 is 0 Å². The second-order valence-electron chi connectivity index (χ2n) is 5.95. The Balaban J connectivity index is 2.14. The van der Waals surface area contributed by atoms with Crippen molar-refractivity contribution in [2.75, 3.05) is 4.90 Å². The number of rotatable bonds is 0. The van der Waals surface area contributed by atoms with Crippen LogP contribution in [0.4, 0.5) is 10.5 Å². The molecule has 3 rings (SSSR count). The predicted molar refractivity (Wildman–Crippen MR) is 84.7 cm³/mol. The summed E-state index contributed by atoms with van der Waals surface area (Å²) >= 11 is 3.39. The molecule has 0 aromatic heterocycles. The monoisotopic (exact) mass is 347 g/mol. The van der Waals surface area contributed by atoms with Crippen molar-refractivity contribution in [3.63, 3.8) is 0 Å². The fourth-order valence-corrected chi connectivity index (χ4v) is 2.92. The topological polar surface area (TPSA) is 46.6 Å². The number of halogens is 1. The summed E-state index contributed by atoms with van der Waals surface area (Å²) in [6.07, 6.45) is -0.646. The smallest absolute Gasteiger partial charge is 0.422 e. The van der Waals surface area contributed by atoms with Crippen LogP contribution in [0.1, 0.15) is 31.1 Å². The number of carbonyl (C=O) groups is 2. The number of amides is 2. The van der Waals surface area contributed by atoms with Crippen molar-refractivity contribution in [1.29, 1.82) is 0 Å². The van der Waals surface area contributed by atoms with E-state index < -0.39 is 11.7 Å². The molecular formula is C16H14BrNO3. The molecule has 4 nitrogen and oxygen atoms in total. The first-order valence-corrected chi connectivity index (χ1v) is 7.37. The van der Waals surface area contributed by atoms with Crippen LogP contribution in [-0.4, -0.2) is 17.6 Å². The first kappa shape index (κ1) is 14.1. The lowest BCUT2D eigenvalue weighted by atomic mass is 10.1. The molecule has 2 aromatic carbocycles. The summed E-state index contributed by atoms with van der Waals surface area (Å²) < 4.78 is 6.15. The zero-order valence-corrected chi connectivity index (χ0v) is 13.5. The lowest BCUT2D eigenvalue weighted by molar-refractivity contribution is 0.0567. The highest BCUT2D eigenvalue weighted by atomic mass is 79.9. The average Bonchev–Trinajstić information content (AvgIpc) is 2.62. The Morgan fingerprint density at radius 2 is 1.95 bits per heavy atom. The number of nitrogens with zero attached hydrogens (tertiary/aromatic N) is 1. The third-order valence-corrected chi connectivity index (χ3v) is 3.63. The van der Waals surface area contributed by atoms with Gasteiger partial charge in [0.2, 0.25) is 0 Å². The second-order valence-corrected chi connectivity index (χ2v) is 6.87. The average molecular weight is 348 g/mol. The van der Waals surface area contributed by atoms with Gasteiger partial charge in [-0.15, -0.1) is 0 Å². The van der Waals surface area contributed by atoms with E-state index in [0.717, 1.165) is 20.1 Å². The zero-order chi connectivity index (χ0) is 15.4. The summed E-state index contributed by atoms with van der Waals surface area (Å²) in [5.41, 5.74) is 0.441. The maximum atomic E-state index is 12.6. The number of benzene rings is 2. The molecule has 0 fully saturated rings. The van der Waals surface area contributed by atoms with E-state index in [1.54, 1.807) is 32.9 Å². The van der Waals surface area contributed by atoms with Gasteiger partial charge >= 0.3 is 6.09 Å². The van der Waals surface area contributed by atoms with E-state index in [4.69, 9.17) is 4.74 Å². The molecule has 21 heavy (non-hydrogen) atoms. The van der Waals surface area contributed by atoms with Gasteiger partial charge in [0.25, 0.3) is 5.91 Å². The van der Waals surface area contributed by atoms with Crippen LogP contribution in [0.25, 0.3) is 10.8 Å². The molecule has 0 saturated heterocycles. The third kappa shape index (κ3) is 2.31. The van der Waals surface area contributed by atoms with Gasteiger partial charge in [-0.1, -0.05) is 28.1 Å². The summed E-state index contributed by atoms with van der Waals surface area (Å²) in [4.78, 5) is 26.0. The third-order valence-electron chi connectivity index (χ3n) is 3.17. The molecule has 0 N–H and O–H groups in total. The van der Waals surface area contributed by atoms with Gasteiger partial charge in [-0.3, -0.25) is 4.79 Å². The van der Waals surface area contributed by atoms with Crippen LogP contribution < -0.4 is 4.90 Å². The highest BCUT2D eigenvalue weighted by Gasteiger charge is 2.37. The van der Waals surface area contributed by atoms with E-state index in [2.05, 4.69) is 15.9 Å². The van der Waals surface area contributed by atoms with Crippen molar-refractivity contribution in [2.24, 2.45) is 0 Å². The van der Waals surface area contributed by atoms with Gasteiger partial charge in [-0.2, -0.15) is 0 Å². The highest BCUT2D eigenvalue weighted by Crippen LogP contribution is 2.39. The fourth-order valence-electron chi connectivity index (χ4n) is 2.45. The number of ether oxygens (including phenoxy) is 1. The van der Waals surface area contributed by atoms with E-state index in [9.17, 15) is 9.59 Å². The molecule has 0 saturated carbocycles. The van der Waals surface area contributed by atoms with Crippen molar-refractivity contribution in [3.8, 4) is 0 Å². The van der Waals surface area contributed by atoms with Crippen LogP contribution in [0, 0.1) is 0 Å². The van der Waals surface area contributed by atoms with Crippen LogP contribution in [-0.2, 0) is 4.74 Å². The van der Waals surface area contributed by atoms with Gasteiger partial charge in [0.15, 0.2) is 0 Å². The molecule has 0 spiro atoms. The normalized spacial score (nSPS) is 13.9. The molecule has 5 heteroatoms. The number of carbonyl (C=O) groups excluding carboxylic acids is 2. The molecule has 2 amide bonds. The molecule has 108 valence electrons. The number of imide groups is 1. The SMILES string of the molecule is CC(C)(C)OC(=O)N1C(=O)c2cc(Br)cc3cccc1c23. The van der Waals surface area contributed by atoms with Gasteiger partial charge < -0.3 is 4.74 Å². The maximum Gasteiger partial charge on any atom is 0.422 e. The van der Waals surface area contributed by atoms with Crippen LogP contribution in [0.15, 0.2) is 34.8 Å². The predicted octanol–water partition coefficient (Wildman–Crippen LogP) is 4.50. The van der Waals surface area contributed by atoms with E-state index in [1.807, 2.05) is 18.2 Å². The molecule has 0 radical (unpaired) electrons. The van der Waals surface area contributed by atoms with Crippen molar-refractivity contribution in [2.45, 2.75) is 26.4 Å². The maximum absolute atomic E-state index is 12.6. The summed E-state index contributed by atoms with van der Waals surface area (Å²) in [5, 5.41) is 1.70. The lowest BCUT2D eigenvalue weighted by Gasteiger charge is -2.23. The van der Waals surface area contributed by atoms with Crippen LogP contribution >= 0.6 is 15.9 Å². The molecule has 1 aliphatic rings. The number of hydrogen-bond donors (Lipinski definition) is 0. The molecule has 0 aliphatic carbocycles. The number of hydrogen-bond acceptors (Lipinski definition) is 3. The second kappa shape index (κ2) is 4.56. The first-order valence-electron chi connectivity index (χ1n) is 6.58. The molecule has 0 atom stereocenters. The lowest BCUT2D eigenvalue weighted by Crippen LogP contribution is -2.38. The Kier molecular flexibility index (Phi) is 3.06. The molecule has 2 aromatic rings. The van der Waals surface area contributed by atoms with Crippen LogP contribution in [0.5, 0.6) is 0 Å². The van der Waals surface area contributed by atoms with E-state index in [-0.39, 0.29) is 5.91 Å². The minimum absolute atomic E-state index is 0.350. The zero-order valence-electron chi connectivity index (χ0n) is 11.9. The van der Waals surface area contributed by atoms with Gasteiger partial charge in [0.05, 0.1) is 11.3 Å². The Bertz CT molecular complexity index is 777. The Hall–Kier alpha value is -1.88. The Labute approximate surface area is 130 Å².